The molecule has 0 spiro atoms. The van der Waals surface area contributed by atoms with Gasteiger partial charge in [-0.1, -0.05) is 57.3 Å². The van der Waals surface area contributed by atoms with Gasteiger partial charge in [0.2, 0.25) is 0 Å². The maximum Gasteiger partial charge on any atom is 0.266 e. The molecular weight excluding hydrogens is 614 g/mol. The van der Waals surface area contributed by atoms with Crippen molar-refractivity contribution in [2.45, 2.75) is 6.61 Å². The number of carbonyl (C=O) groups is 1. The maximum absolute atomic E-state index is 12.5. The first kappa shape index (κ1) is 23.6. The van der Waals surface area contributed by atoms with Crippen LogP contribution in [0.15, 0.2) is 70.7 Å². The Morgan fingerprint density at radius 2 is 1.81 bits per heavy atom. The van der Waals surface area contributed by atoms with Crippen LogP contribution in [0.5, 0.6) is 5.75 Å². The average Bonchev–Trinajstić information content (AvgIpc) is 2.72. The molecule has 8 heteroatoms. The van der Waals surface area contributed by atoms with Crippen molar-refractivity contribution in [1.82, 2.24) is 0 Å². The summed E-state index contributed by atoms with van der Waals surface area (Å²) in [6.45, 7) is 0.310. The molecule has 3 rings (SSSR count). The predicted octanol–water partition coefficient (Wildman–Crippen LogP) is 7.49. The Labute approximate surface area is 212 Å². The van der Waals surface area contributed by atoms with Crippen molar-refractivity contribution < 1.29 is 9.53 Å². The minimum atomic E-state index is -0.535. The number of carbonyl (C=O) groups excluding carboxylic acids is 1. The van der Waals surface area contributed by atoms with E-state index in [9.17, 15) is 10.1 Å². The molecule has 4 nitrogen and oxygen atoms in total. The fourth-order valence-corrected chi connectivity index (χ4v) is 3.99. The summed E-state index contributed by atoms with van der Waals surface area (Å²) in [5.41, 5.74) is 1.97. The van der Waals surface area contributed by atoms with Crippen LogP contribution < -0.4 is 10.1 Å². The van der Waals surface area contributed by atoms with E-state index in [-0.39, 0.29) is 15.6 Å². The fourth-order valence-electron chi connectivity index (χ4n) is 2.62. The summed E-state index contributed by atoms with van der Waals surface area (Å²) in [6.07, 6.45) is 1.42. The van der Waals surface area contributed by atoms with E-state index in [1.807, 2.05) is 36.4 Å². The zero-order valence-electron chi connectivity index (χ0n) is 15.8. The SMILES string of the molecule is N#C/C(=C/c1cc(Cl)c(OCc2ccc(I)cc2)c(Cl)c1)C(=O)Nc1cccc(Br)c1. The molecule has 0 aliphatic heterocycles. The van der Waals surface area contributed by atoms with Gasteiger partial charge in [0.25, 0.3) is 5.91 Å². The summed E-state index contributed by atoms with van der Waals surface area (Å²) in [5.74, 6) is -0.192. The largest absolute Gasteiger partial charge is 0.486 e. The Hall–Kier alpha value is -2.05. The molecule has 0 atom stereocenters. The van der Waals surface area contributed by atoms with E-state index >= 15 is 0 Å². The van der Waals surface area contributed by atoms with Gasteiger partial charge in [-0.05, 0) is 82.3 Å². The van der Waals surface area contributed by atoms with Crippen molar-refractivity contribution in [3.05, 3.63) is 95.5 Å². The molecule has 0 aliphatic rings. The number of hydrogen-bond donors (Lipinski definition) is 1. The summed E-state index contributed by atoms with van der Waals surface area (Å²) in [4.78, 5) is 12.5. The number of ether oxygens (including phenoxy) is 1. The number of nitriles is 1. The van der Waals surface area contributed by atoms with E-state index in [1.54, 1.807) is 30.3 Å². The zero-order chi connectivity index (χ0) is 22.4. The zero-order valence-corrected chi connectivity index (χ0v) is 21.1. The smallest absolute Gasteiger partial charge is 0.266 e. The fraction of sp³-hybridized carbons (Fsp3) is 0.0435. The van der Waals surface area contributed by atoms with E-state index < -0.39 is 5.91 Å². The summed E-state index contributed by atoms with van der Waals surface area (Å²) >= 11 is 18.3. The first-order valence-corrected chi connectivity index (χ1v) is 11.5. The van der Waals surface area contributed by atoms with Gasteiger partial charge in [0, 0.05) is 13.7 Å². The molecule has 3 aromatic rings. The lowest BCUT2D eigenvalue weighted by Gasteiger charge is -2.11. The molecule has 0 radical (unpaired) electrons. The van der Waals surface area contributed by atoms with Crippen LogP contribution in [0.1, 0.15) is 11.1 Å². The standard InChI is InChI=1S/C23H14BrCl2IN2O2/c24-17-2-1-3-19(11-17)29-23(30)16(12-28)8-15-9-20(25)22(21(26)10-15)31-13-14-4-6-18(27)7-5-14/h1-11H,13H2,(H,29,30)/b16-8-. The van der Waals surface area contributed by atoms with E-state index in [2.05, 4.69) is 43.8 Å². The van der Waals surface area contributed by atoms with Crippen molar-refractivity contribution >= 4 is 79.4 Å². The molecule has 0 saturated heterocycles. The maximum atomic E-state index is 12.5. The molecule has 0 saturated carbocycles. The molecule has 0 heterocycles. The number of rotatable bonds is 6. The number of nitrogens with zero attached hydrogens (tertiary/aromatic N) is 1. The summed E-state index contributed by atoms with van der Waals surface area (Å²) < 4.78 is 7.72. The first-order valence-electron chi connectivity index (χ1n) is 8.90. The Balaban J connectivity index is 1.76. The van der Waals surface area contributed by atoms with E-state index in [0.29, 0.717) is 23.6 Å². The molecule has 0 aliphatic carbocycles. The number of anilines is 1. The van der Waals surface area contributed by atoms with Gasteiger partial charge in [-0.25, -0.2) is 0 Å². The quantitative estimate of drug-likeness (QED) is 0.175. The van der Waals surface area contributed by atoms with Crippen molar-refractivity contribution in [2.75, 3.05) is 5.32 Å². The van der Waals surface area contributed by atoms with E-state index in [4.69, 9.17) is 27.9 Å². The van der Waals surface area contributed by atoms with Gasteiger partial charge in [0.05, 0.1) is 10.0 Å². The molecule has 0 fully saturated rings. The summed E-state index contributed by atoms with van der Waals surface area (Å²) in [6, 6.07) is 20.1. The number of halogens is 4. The lowest BCUT2D eigenvalue weighted by Crippen LogP contribution is -2.13. The van der Waals surface area contributed by atoms with Crippen molar-refractivity contribution in [2.24, 2.45) is 0 Å². The Kier molecular flexibility index (Phi) is 8.38. The second-order valence-electron chi connectivity index (χ2n) is 6.36. The average molecular weight is 628 g/mol. The van der Waals surface area contributed by atoms with Gasteiger partial charge in [-0.2, -0.15) is 5.26 Å². The molecular formula is C23H14BrCl2IN2O2. The van der Waals surface area contributed by atoms with Gasteiger partial charge in [-0.3, -0.25) is 4.79 Å². The second kappa shape index (κ2) is 11.0. The molecule has 0 unspecified atom stereocenters. The number of benzene rings is 3. The number of hydrogen-bond acceptors (Lipinski definition) is 3. The van der Waals surface area contributed by atoms with Crippen molar-refractivity contribution in [3.63, 3.8) is 0 Å². The molecule has 1 amide bonds. The molecule has 31 heavy (non-hydrogen) atoms. The van der Waals surface area contributed by atoms with E-state index in [0.717, 1.165) is 13.6 Å². The van der Waals surface area contributed by atoms with Crippen LogP contribution in [0, 0.1) is 14.9 Å². The van der Waals surface area contributed by atoms with Crippen LogP contribution >= 0.6 is 61.7 Å². The van der Waals surface area contributed by atoms with Crippen LogP contribution in [0.4, 0.5) is 5.69 Å². The third kappa shape index (κ3) is 6.71. The van der Waals surface area contributed by atoms with Crippen LogP contribution in [0.3, 0.4) is 0 Å². The van der Waals surface area contributed by atoms with Gasteiger partial charge < -0.3 is 10.1 Å². The number of amides is 1. The van der Waals surface area contributed by atoms with Crippen LogP contribution in [-0.4, -0.2) is 5.91 Å². The topological polar surface area (TPSA) is 62.1 Å². The molecule has 3 aromatic carbocycles. The third-order valence-corrected chi connectivity index (χ3v) is 5.85. The van der Waals surface area contributed by atoms with Crippen molar-refractivity contribution in [3.8, 4) is 11.8 Å². The highest BCUT2D eigenvalue weighted by Gasteiger charge is 2.13. The minimum Gasteiger partial charge on any atom is -0.486 e. The third-order valence-electron chi connectivity index (χ3n) is 4.08. The first-order chi connectivity index (χ1) is 14.9. The number of nitrogens with one attached hydrogen (secondary N) is 1. The highest BCUT2D eigenvalue weighted by molar-refractivity contribution is 14.1. The highest BCUT2D eigenvalue weighted by atomic mass is 127. The second-order valence-corrected chi connectivity index (χ2v) is 9.34. The van der Waals surface area contributed by atoms with Crippen LogP contribution in [-0.2, 0) is 11.4 Å². The van der Waals surface area contributed by atoms with Crippen LogP contribution in [0.25, 0.3) is 6.08 Å². The molecule has 0 aromatic heterocycles. The minimum absolute atomic E-state index is 0.0836. The molecule has 156 valence electrons. The van der Waals surface area contributed by atoms with Gasteiger partial charge in [0.15, 0.2) is 5.75 Å². The Bertz CT molecular complexity index is 1170. The highest BCUT2D eigenvalue weighted by Crippen LogP contribution is 2.35. The van der Waals surface area contributed by atoms with Gasteiger partial charge in [0.1, 0.15) is 18.2 Å². The monoisotopic (exact) mass is 626 g/mol. The molecule has 1 N–H and O–H groups in total. The van der Waals surface area contributed by atoms with E-state index in [1.165, 1.54) is 6.08 Å². The Morgan fingerprint density at radius 3 is 2.42 bits per heavy atom. The van der Waals surface area contributed by atoms with Gasteiger partial charge >= 0.3 is 0 Å². The summed E-state index contributed by atoms with van der Waals surface area (Å²) in [7, 11) is 0. The normalized spacial score (nSPS) is 11.0. The lowest BCUT2D eigenvalue weighted by atomic mass is 10.1. The predicted molar refractivity (Wildman–Crippen MR) is 136 cm³/mol. The lowest BCUT2D eigenvalue weighted by molar-refractivity contribution is -0.112. The van der Waals surface area contributed by atoms with Gasteiger partial charge in [-0.15, -0.1) is 0 Å². The molecule has 0 bridgehead atoms. The van der Waals surface area contributed by atoms with Crippen LogP contribution in [0.2, 0.25) is 10.0 Å². The van der Waals surface area contributed by atoms with Crippen molar-refractivity contribution in [1.29, 1.82) is 5.26 Å². The summed E-state index contributed by atoms with van der Waals surface area (Å²) in [5, 5.41) is 12.7. The Morgan fingerprint density at radius 1 is 1.13 bits per heavy atom.